The van der Waals surface area contributed by atoms with Gasteiger partial charge in [0.25, 0.3) is 0 Å². The number of ether oxygens (including phenoxy) is 1. The first-order chi connectivity index (χ1) is 13.8. The fourth-order valence-corrected chi connectivity index (χ4v) is 5.87. The summed E-state index contributed by atoms with van der Waals surface area (Å²) in [6.45, 7) is 2.00. The molecule has 1 fully saturated rings. The molecule has 1 aliphatic heterocycles. The number of para-hydroxylation sites is 1. The SMILES string of the molecule is Cc1nn(C)c(Cl)c1S(=O)(=O)N1CCCCC1COCC(=O)Nc1ccccc1. The molecule has 1 aromatic carbocycles. The third-order valence-corrected chi connectivity index (χ3v) is 7.49. The molecule has 2 aromatic rings. The molecule has 10 heteroatoms. The van der Waals surface area contributed by atoms with E-state index in [4.69, 9.17) is 16.3 Å². The van der Waals surface area contributed by atoms with Crippen molar-refractivity contribution in [2.75, 3.05) is 25.1 Å². The number of amides is 1. The van der Waals surface area contributed by atoms with E-state index in [1.54, 1.807) is 26.1 Å². The monoisotopic (exact) mass is 440 g/mol. The molecular formula is C19H25ClN4O4S. The average Bonchev–Trinajstić information content (AvgIpc) is 2.95. The van der Waals surface area contributed by atoms with Crippen LogP contribution in [0.25, 0.3) is 0 Å². The number of rotatable bonds is 7. The van der Waals surface area contributed by atoms with Crippen LogP contribution in [0.2, 0.25) is 5.15 Å². The van der Waals surface area contributed by atoms with Gasteiger partial charge in [-0.1, -0.05) is 36.2 Å². The Bertz CT molecular complexity index is 962. The van der Waals surface area contributed by atoms with E-state index in [0.717, 1.165) is 12.8 Å². The van der Waals surface area contributed by atoms with E-state index < -0.39 is 10.0 Å². The van der Waals surface area contributed by atoms with Crippen LogP contribution in [0.15, 0.2) is 35.2 Å². The van der Waals surface area contributed by atoms with Crippen molar-refractivity contribution in [2.45, 2.75) is 37.1 Å². The van der Waals surface area contributed by atoms with Crippen LogP contribution in [-0.2, 0) is 26.6 Å². The molecule has 3 rings (SSSR count). The minimum absolute atomic E-state index is 0.0374. The predicted molar refractivity (Wildman–Crippen MR) is 110 cm³/mol. The fourth-order valence-electron chi connectivity index (χ4n) is 3.48. The molecule has 1 aromatic heterocycles. The van der Waals surface area contributed by atoms with E-state index in [1.807, 2.05) is 18.2 Å². The van der Waals surface area contributed by atoms with Gasteiger partial charge in [-0.25, -0.2) is 8.42 Å². The first-order valence-electron chi connectivity index (χ1n) is 9.44. The normalized spacial score (nSPS) is 18.0. The van der Waals surface area contributed by atoms with Gasteiger partial charge in [0, 0.05) is 25.3 Å². The molecule has 2 heterocycles. The Morgan fingerprint density at radius 2 is 2.03 bits per heavy atom. The van der Waals surface area contributed by atoms with E-state index >= 15 is 0 Å². The molecule has 0 saturated carbocycles. The van der Waals surface area contributed by atoms with Crippen molar-refractivity contribution >= 4 is 33.2 Å². The third-order valence-electron chi connectivity index (χ3n) is 4.84. The lowest BCUT2D eigenvalue weighted by molar-refractivity contribution is -0.121. The Morgan fingerprint density at radius 3 is 2.69 bits per heavy atom. The zero-order valence-electron chi connectivity index (χ0n) is 16.5. The second-order valence-electron chi connectivity index (χ2n) is 7.02. The molecule has 158 valence electrons. The Kier molecular flexibility index (Phi) is 6.94. The summed E-state index contributed by atoms with van der Waals surface area (Å²) in [4.78, 5) is 12.1. The van der Waals surface area contributed by atoms with Gasteiger partial charge in [0.15, 0.2) is 0 Å². The van der Waals surface area contributed by atoms with Crippen LogP contribution in [0.3, 0.4) is 0 Å². The first kappa shape index (κ1) is 21.8. The van der Waals surface area contributed by atoms with Crippen molar-refractivity contribution in [1.82, 2.24) is 14.1 Å². The number of nitrogens with zero attached hydrogens (tertiary/aromatic N) is 3. The highest BCUT2D eigenvalue weighted by Gasteiger charge is 2.37. The number of carbonyl (C=O) groups is 1. The van der Waals surface area contributed by atoms with Crippen LogP contribution in [-0.4, -0.2) is 54.2 Å². The topological polar surface area (TPSA) is 93.5 Å². The summed E-state index contributed by atoms with van der Waals surface area (Å²) in [5, 5.41) is 6.95. The molecule has 1 saturated heterocycles. The largest absolute Gasteiger partial charge is 0.370 e. The van der Waals surface area contributed by atoms with Gasteiger partial charge in [0.2, 0.25) is 15.9 Å². The summed E-state index contributed by atoms with van der Waals surface area (Å²) in [6, 6.07) is 8.73. The second kappa shape index (κ2) is 9.25. The number of benzene rings is 1. The number of hydrogen-bond acceptors (Lipinski definition) is 5. The van der Waals surface area contributed by atoms with Gasteiger partial charge in [0.05, 0.1) is 12.3 Å². The van der Waals surface area contributed by atoms with E-state index in [9.17, 15) is 13.2 Å². The van der Waals surface area contributed by atoms with E-state index in [0.29, 0.717) is 24.3 Å². The lowest BCUT2D eigenvalue weighted by Crippen LogP contribution is -2.46. The lowest BCUT2D eigenvalue weighted by atomic mass is 10.1. The number of nitrogens with one attached hydrogen (secondary N) is 1. The molecular weight excluding hydrogens is 416 g/mol. The van der Waals surface area contributed by atoms with Gasteiger partial charge < -0.3 is 10.1 Å². The summed E-state index contributed by atoms with van der Waals surface area (Å²) in [6.07, 6.45) is 2.33. The lowest BCUT2D eigenvalue weighted by Gasteiger charge is -2.34. The maximum atomic E-state index is 13.2. The molecule has 29 heavy (non-hydrogen) atoms. The molecule has 0 spiro atoms. The molecule has 1 unspecified atom stereocenters. The van der Waals surface area contributed by atoms with Crippen molar-refractivity contribution in [3.63, 3.8) is 0 Å². The van der Waals surface area contributed by atoms with Gasteiger partial charge >= 0.3 is 0 Å². The van der Waals surface area contributed by atoms with E-state index in [2.05, 4.69) is 10.4 Å². The predicted octanol–water partition coefficient (Wildman–Crippen LogP) is 2.58. The standard InChI is InChI=1S/C19H25ClN4O4S/c1-14-18(19(20)23(2)22-14)29(26,27)24-11-7-6-10-16(24)12-28-13-17(25)21-15-8-4-3-5-9-15/h3-5,8-9,16H,6-7,10-13H2,1-2H3,(H,21,25). The Hall–Kier alpha value is -1.94. The fraction of sp³-hybridized carbons (Fsp3) is 0.474. The Morgan fingerprint density at radius 1 is 1.31 bits per heavy atom. The Labute approximate surface area is 175 Å². The van der Waals surface area contributed by atoms with Crippen LogP contribution in [0.1, 0.15) is 25.0 Å². The maximum Gasteiger partial charge on any atom is 0.250 e. The van der Waals surface area contributed by atoms with Crippen molar-refractivity contribution < 1.29 is 17.9 Å². The number of piperidine rings is 1. The highest BCUT2D eigenvalue weighted by molar-refractivity contribution is 7.89. The number of carbonyl (C=O) groups excluding carboxylic acids is 1. The summed E-state index contributed by atoms with van der Waals surface area (Å²) >= 11 is 6.20. The Balaban J connectivity index is 1.64. The number of anilines is 1. The smallest absolute Gasteiger partial charge is 0.250 e. The molecule has 1 atom stereocenters. The highest BCUT2D eigenvalue weighted by Crippen LogP contribution is 2.31. The van der Waals surface area contributed by atoms with Gasteiger partial charge in [0.1, 0.15) is 16.7 Å². The summed E-state index contributed by atoms with van der Waals surface area (Å²) in [5.41, 5.74) is 1.05. The van der Waals surface area contributed by atoms with Gasteiger partial charge in [-0.3, -0.25) is 9.48 Å². The van der Waals surface area contributed by atoms with E-state index in [1.165, 1.54) is 8.99 Å². The zero-order chi connectivity index (χ0) is 21.0. The second-order valence-corrected chi connectivity index (χ2v) is 9.21. The van der Waals surface area contributed by atoms with Crippen LogP contribution < -0.4 is 5.32 Å². The molecule has 1 N–H and O–H groups in total. The summed E-state index contributed by atoms with van der Waals surface area (Å²) < 4.78 is 34.8. The van der Waals surface area contributed by atoms with Crippen molar-refractivity contribution in [2.24, 2.45) is 7.05 Å². The molecule has 1 aliphatic rings. The van der Waals surface area contributed by atoms with Crippen molar-refractivity contribution in [3.8, 4) is 0 Å². The minimum Gasteiger partial charge on any atom is -0.370 e. The number of hydrogen-bond donors (Lipinski definition) is 1. The van der Waals surface area contributed by atoms with Gasteiger partial charge in [-0.2, -0.15) is 9.40 Å². The zero-order valence-corrected chi connectivity index (χ0v) is 18.0. The number of aryl methyl sites for hydroxylation is 2. The van der Waals surface area contributed by atoms with Crippen LogP contribution in [0, 0.1) is 6.92 Å². The number of sulfonamides is 1. The van der Waals surface area contributed by atoms with Crippen molar-refractivity contribution in [1.29, 1.82) is 0 Å². The molecule has 8 nitrogen and oxygen atoms in total. The first-order valence-corrected chi connectivity index (χ1v) is 11.3. The third kappa shape index (κ3) is 4.98. The molecule has 1 amide bonds. The minimum atomic E-state index is -3.81. The van der Waals surface area contributed by atoms with Crippen LogP contribution in [0.4, 0.5) is 5.69 Å². The van der Waals surface area contributed by atoms with Crippen molar-refractivity contribution in [3.05, 3.63) is 41.2 Å². The number of aromatic nitrogens is 2. The van der Waals surface area contributed by atoms with Gasteiger partial charge in [-0.15, -0.1) is 0 Å². The average molecular weight is 441 g/mol. The van der Waals surface area contributed by atoms with Gasteiger partial charge in [-0.05, 0) is 31.9 Å². The van der Waals surface area contributed by atoms with Crippen LogP contribution in [0.5, 0.6) is 0 Å². The summed E-state index contributed by atoms with van der Waals surface area (Å²) in [5.74, 6) is -0.285. The maximum absolute atomic E-state index is 13.2. The molecule has 0 aliphatic carbocycles. The quantitative estimate of drug-likeness (QED) is 0.714. The summed E-state index contributed by atoms with van der Waals surface area (Å²) in [7, 11) is -2.21. The number of halogens is 1. The highest BCUT2D eigenvalue weighted by atomic mass is 35.5. The van der Waals surface area contributed by atoms with E-state index in [-0.39, 0.29) is 35.2 Å². The molecule has 0 bridgehead atoms. The molecule has 0 radical (unpaired) electrons. The van der Waals surface area contributed by atoms with Crippen LogP contribution >= 0.6 is 11.6 Å².